The van der Waals surface area contributed by atoms with Gasteiger partial charge in [0.05, 0.1) is 25.4 Å². The van der Waals surface area contributed by atoms with Crippen LogP contribution in [0.2, 0.25) is 0 Å². The molecule has 0 spiro atoms. The summed E-state index contributed by atoms with van der Waals surface area (Å²) in [5, 5.41) is 6.62. The molecule has 1 amide bonds. The van der Waals surface area contributed by atoms with Gasteiger partial charge in [0, 0.05) is 22.0 Å². The monoisotopic (exact) mass is 619 g/mol. The van der Waals surface area contributed by atoms with Gasteiger partial charge in [-0.05, 0) is 104 Å². The van der Waals surface area contributed by atoms with E-state index < -0.39 is 0 Å². The lowest BCUT2D eigenvalue weighted by Crippen LogP contribution is -2.39. The number of carbonyl (C=O) groups excluding carboxylic acids is 1. The number of rotatable bonds is 6. The highest BCUT2D eigenvalue weighted by Crippen LogP contribution is 2.45. The molecule has 5 nitrogen and oxygen atoms in total. The largest absolute Gasteiger partial charge is 0.496 e. The van der Waals surface area contributed by atoms with Gasteiger partial charge in [-0.15, -0.1) is 0 Å². The summed E-state index contributed by atoms with van der Waals surface area (Å²) in [5.41, 5.74) is 4.80. The fourth-order valence-corrected chi connectivity index (χ4v) is 6.92. The molecule has 0 radical (unpaired) electrons. The normalized spacial score (nSPS) is 23.5. The molecule has 6 rings (SSSR count). The molecule has 1 saturated heterocycles. The summed E-state index contributed by atoms with van der Waals surface area (Å²) >= 11 is 3.59. The Hall–Kier alpha value is -3.36. The third-order valence-corrected chi connectivity index (χ3v) is 8.93. The highest BCUT2D eigenvalue weighted by atomic mass is 79.9. The number of amides is 1. The van der Waals surface area contributed by atoms with Gasteiger partial charge in [-0.2, -0.15) is 5.10 Å². The first-order chi connectivity index (χ1) is 19.9. The number of fused-ring (bicyclic) bond motifs is 1. The van der Waals surface area contributed by atoms with E-state index in [1.807, 2.05) is 12.1 Å². The third-order valence-electron chi connectivity index (χ3n) is 8.43. The van der Waals surface area contributed by atoms with E-state index in [1.165, 1.54) is 24.3 Å². The van der Waals surface area contributed by atoms with Gasteiger partial charge in [0.2, 0.25) is 0 Å². The van der Waals surface area contributed by atoms with Gasteiger partial charge in [-0.3, -0.25) is 9.69 Å². The standard InChI is InChI=1S/C33H32BrF2N3O2/c1-41-30-16-11-24(34)19-28(30)29-6-3-17-38(29)20-31(40)39-33(22-9-14-26(36)15-10-22)27-5-2-4-23(32(27)37-39)18-21-7-12-25(35)13-8-21/h7-16,18-19,27,29,33H,2-6,17,20H2,1H3/b23-18+. The van der Waals surface area contributed by atoms with Crippen LogP contribution in [0.3, 0.4) is 0 Å². The van der Waals surface area contributed by atoms with E-state index in [1.54, 1.807) is 36.4 Å². The minimum absolute atomic E-state index is 0.00408. The molecular formula is C33H32BrF2N3O2. The maximum Gasteiger partial charge on any atom is 0.257 e. The number of allylic oxidation sites excluding steroid dienone is 1. The molecular weight excluding hydrogens is 588 g/mol. The molecule has 2 heterocycles. The van der Waals surface area contributed by atoms with Crippen LogP contribution in [0.25, 0.3) is 6.08 Å². The van der Waals surface area contributed by atoms with Crippen molar-refractivity contribution in [3.05, 3.63) is 105 Å². The summed E-state index contributed by atoms with van der Waals surface area (Å²) in [6.07, 6.45) is 6.64. The Labute approximate surface area is 247 Å². The number of carbonyl (C=O) groups is 1. The van der Waals surface area contributed by atoms with E-state index in [4.69, 9.17) is 9.84 Å². The van der Waals surface area contributed by atoms with E-state index in [0.717, 1.165) is 76.8 Å². The summed E-state index contributed by atoms with van der Waals surface area (Å²) in [6, 6.07) is 18.6. The van der Waals surface area contributed by atoms with Crippen molar-refractivity contribution >= 4 is 33.6 Å². The van der Waals surface area contributed by atoms with E-state index >= 15 is 0 Å². The molecule has 2 fully saturated rings. The van der Waals surface area contributed by atoms with Crippen LogP contribution in [0.15, 0.2) is 81.9 Å². The average molecular weight is 621 g/mol. The van der Waals surface area contributed by atoms with E-state index in [-0.39, 0.29) is 42.1 Å². The van der Waals surface area contributed by atoms with Crippen molar-refractivity contribution in [2.45, 2.75) is 44.2 Å². The highest BCUT2D eigenvalue weighted by molar-refractivity contribution is 9.10. The van der Waals surface area contributed by atoms with E-state index in [9.17, 15) is 13.6 Å². The highest BCUT2D eigenvalue weighted by Gasteiger charge is 2.44. The smallest absolute Gasteiger partial charge is 0.257 e. The van der Waals surface area contributed by atoms with Crippen molar-refractivity contribution in [1.82, 2.24) is 9.91 Å². The molecule has 8 heteroatoms. The molecule has 0 aromatic heterocycles. The van der Waals surface area contributed by atoms with Crippen molar-refractivity contribution in [2.24, 2.45) is 11.0 Å². The number of likely N-dealkylation sites (tertiary alicyclic amines) is 1. The number of benzene rings is 3. The van der Waals surface area contributed by atoms with Crippen LogP contribution in [-0.2, 0) is 4.79 Å². The molecule has 3 atom stereocenters. The Morgan fingerprint density at radius 1 is 1.02 bits per heavy atom. The van der Waals surface area contributed by atoms with Crippen molar-refractivity contribution in [1.29, 1.82) is 0 Å². The molecule has 3 aliphatic rings. The van der Waals surface area contributed by atoms with Crippen LogP contribution in [-0.4, -0.2) is 41.7 Å². The maximum atomic E-state index is 14.1. The Kier molecular flexibility index (Phi) is 8.04. The minimum atomic E-state index is -0.311. The number of halogens is 3. The van der Waals surface area contributed by atoms with Crippen molar-refractivity contribution in [3.63, 3.8) is 0 Å². The fourth-order valence-electron chi connectivity index (χ4n) is 6.54. The summed E-state index contributed by atoms with van der Waals surface area (Å²) in [5.74, 6) is 0.146. The number of ether oxygens (including phenoxy) is 1. The fraction of sp³-hybridized carbons (Fsp3) is 0.333. The summed E-state index contributed by atoms with van der Waals surface area (Å²) < 4.78 is 34.0. The first-order valence-electron chi connectivity index (χ1n) is 14.1. The average Bonchev–Trinajstić information content (AvgIpc) is 3.60. The van der Waals surface area contributed by atoms with Crippen LogP contribution in [0.4, 0.5) is 8.78 Å². The molecule has 0 bridgehead atoms. The molecule has 1 aliphatic carbocycles. The van der Waals surface area contributed by atoms with Crippen LogP contribution < -0.4 is 4.74 Å². The number of hydrogen-bond donors (Lipinski definition) is 0. The second-order valence-corrected chi connectivity index (χ2v) is 11.9. The number of hydrazone groups is 1. The van der Waals surface area contributed by atoms with Gasteiger partial charge in [0.25, 0.3) is 5.91 Å². The zero-order chi connectivity index (χ0) is 28.5. The van der Waals surface area contributed by atoms with Crippen LogP contribution in [0.5, 0.6) is 5.75 Å². The van der Waals surface area contributed by atoms with Crippen molar-refractivity contribution in [2.75, 3.05) is 20.2 Å². The van der Waals surface area contributed by atoms with Crippen molar-refractivity contribution < 1.29 is 18.3 Å². The second-order valence-electron chi connectivity index (χ2n) is 11.0. The third kappa shape index (κ3) is 5.72. The Balaban J connectivity index is 1.32. The molecule has 3 unspecified atom stereocenters. The Morgan fingerprint density at radius 2 is 1.76 bits per heavy atom. The lowest BCUT2D eigenvalue weighted by atomic mass is 9.77. The maximum absolute atomic E-state index is 14.1. The lowest BCUT2D eigenvalue weighted by Gasteiger charge is -2.31. The van der Waals surface area contributed by atoms with Crippen LogP contribution in [0, 0.1) is 17.6 Å². The first kappa shape index (κ1) is 27.8. The number of hydrogen-bond acceptors (Lipinski definition) is 4. The van der Waals surface area contributed by atoms with Gasteiger partial charge in [-0.1, -0.05) is 40.2 Å². The molecule has 41 heavy (non-hydrogen) atoms. The van der Waals surface area contributed by atoms with Crippen LogP contribution >= 0.6 is 15.9 Å². The SMILES string of the molecule is COc1ccc(Br)cc1C1CCCN1CC(=O)N1N=C2/C(=C/c3ccc(F)cc3)CCCC2C1c1ccc(F)cc1. The summed E-state index contributed by atoms with van der Waals surface area (Å²) in [7, 11) is 1.67. The van der Waals surface area contributed by atoms with E-state index in [2.05, 4.69) is 33.0 Å². The lowest BCUT2D eigenvalue weighted by molar-refractivity contribution is -0.135. The van der Waals surface area contributed by atoms with Gasteiger partial charge in [0.15, 0.2) is 0 Å². The zero-order valence-corrected chi connectivity index (χ0v) is 24.5. The Morgan fingerprint density at radius 3 is 2.49 bits per heavy atom. The van der Waals surface area contributed by atoms with Crippen LogP contribution in [0.1, 0.15) is 60.9 Å². The number of nitrogens with zero attached hydrogens (tertiary/aromatic N) is 3. The van der Waals surface area contributed by atoms with Gasteiger partial charge in [-0.25, -0.2) is 13.8 Å². The summed E-state index contributed by atoms with van der Waals surface area (Å²) in [4.78, 5) is 16.3. The van der Waals surface area contributed by atoms with Gasteiger partial charge >= 0.3 is 0 Å². The Bertz CT molecular complexity index is 1490. The quantitative estimate of drug-likeness (QED) is 0.284. The van der Waals surface area contributed by atoms with E-state index in [0.29, 0.717) is 0 Å². The second kappa shape index (κ2) is 11.9. The molecule has 212 valence electrons. The topological polar surface area (TPSA) is 45.1 Å². The molecule has 3 aromatic carbocycles. The molecule has 2 aliphatic heterocycles. The predicted molar refractivity (Wildman–Crippen MR) is 159 cm³/mol. The minimum Gasteiger partial charge on any atom is -0.496 e. The predicted octanol–water partition coefficient (Wildman–Crippen LogP) is 7.70. The van der Waals surface area contributed by atoms with Gasteiger partial charge in [0.1, 0.15) is 17.4 Å². The summed E-state index contributed by atoms with van der Waals surface area (Å²) in [6.45, 7) is 1.02. The molecule has 1 saturated carbocycles. The van der Waals surface area contributed by atoms with Gasteiger partial charge < -0.3 is 4.74 Å². The number of methoxy groups -OCH3 is 1. The molecule has 0 N–H and O–H groups in total. The zero-order valence-electron chi connectivity index (χ0n) is 22.9. The first-order valence-corrected chi connectivity index (χ1v) is 14.9. The molecule has 3 aromatic rings. The van der Waals surface area contributed by atoms with Crippen molar-refractivity contribution in [3.8, 4) is 5.75 Å².